The number of nitrogen functional groups attached to an aromatic ring is 1. The summed E-state index contributed by atoms with van der Waals surface area (Å²) in [7, 11) is 0. The average Bonchev–Trinajstić information content (AvgIpc) is 3.25. The summed E-state index contributed by atoms with van der Waals surface area (Å²) in [6.45, 7) is 4.18. The predicted molar refractivity (Wildman–Crippen MR) is 126 cm³/mol. The fourth-order valence-corrected chi connectivity index (χ4v) is 4.11. The zero-order valence-corrected chi connectivity index (χ0v) is 18.7. The lowest BCUT2D eigenvalue weighted by molar-refractivity contribution is -0.133. The second kappa shape index (κ2) is 7.95. The van der Waals surface area contributed by atoms with Crippen LogP contribution in [0.4, 0.5) is 10.1 Å². The molecule has 3 heterocycles. The molecule has 1 saturated heterocycles. The van der Waals surface area contributed by atoms with Crippen LogP contribution in [0.25, 0.3) is 28.0 Å². The molecule has 2 amide bonds. The number of carbonyl (C=O) groups excluding carboxylic acids is 2. The molecule has 4 aromatic rings. The van der Waals surface area contributed by atoms with Gasteiger partial charge in [-0.05, 0) is 61.9 Å². The molecule has 172 valence electrons. The van der Waals surface area contributed by atoms with E-state index in [0.29, 0.717) is 30.1 Å². The van der Waals surface area contributed by atoms with E-state index in [1.54, 1.807) is 48.8 Å². The van der Waals surface area contributed by atoms with Crippen molar-refractivity contribution in [2.75, 3.05) is 18.8 Å². The number of rotatable bonds is 3. The monoisotopic (exact) mass is 458 g/mol. The number of aromatic nitrogens is 3. The van der Waals surface area contributed by atoms with E-state index in [9.17, 15) is 14.0 Å². The molecule has 0 saturated carbocycles. The Morgan fingerprint density at radius 3 is 2.47 bits per heavy atom. The van der Waals surface area contributed by atoms with Crippen LogP contribution in [0.2, 0.25) is 0 Å². The van der Waals surface area contributed by atoms with Crippen molar-refractivity contribution >= 4 is 23.1 Å². The molecule has 0 unspecified atom stereocenters. The smallest absolute Gasteiger partial charge is 0.275 e. The first-order valence-corrected chi connectivity index (χ1v) is 10.9. The van der Waals surface area contributed by atoms with Gasteiger partial charge in [0.1, 0.15) is 17.1 Å². The van der Waals surface area contributed by atoms with Gasteiger partial charge < -0.3 is 16.0 Å². The number of nitrogens with one attached hydrogen (secondary N) is 1. The highest BCUT2D eigenvalue weighted by Gasteiger charge is 2.41. The number of amides is 2. The second-order valence-electron chi connectivity index (χ2n) is 8.74. The molecule has 3 N–H and O–H groups in total. The van der Waals surface area contributed by atoms with Gasteiger partial charge in [-0.1, -0.05) is 12.1 Å². The molecule has 1 aliphatic heterocycles. The first kappa shape index (κ1) is 21.6. The van der Waals surface area contributed by atoms with Gasteiger partial charge in [0.05, 0.1) is 11.9 Å². The molecule has 0 radical (unpaired) electrons. The fraction of sp³-hybridized carbons (Fsp3) is 0.200. The minimum atomic E-state index is -1.00. The summed E-state index contributed by atoms with van der Waals surface area (Å²) in [5.74, 6) is -0.903. The maximum Gasteiger partial charge on any atom is 0.275 e. The molecule has 1 fully saturated rings. The summed E-state index contributed by atoms with van der Waals surface area (Å²) in [5.41, 5.74) is 9.04. The number of halogens is 1. The third-order valence-electron chi connectivity index (χ3n) is 6.10. The topological polar surface area (TPSA) is 106 Å². The molecular formula is C25H23FN6O2. The number of nitrogens with two attached hydrogens (primary N) is 1. The molecule has 0 spiro atoms. The van der Waals surface area contributed by atoms with E-state index in [-0.39, 0.29) is 23.3 Å². The third-order valence-corrected chi connectivity index (χ3v) is 6.10. The number of piperazine rings is 1. The lowest BCUT2D eigenvalue weighted by Gasteiger charge is -2.40. The molecule has 1 aliphatic rings. The van der Waals surface area contributed by atoms with Gasteiger partial charge in [-0.3, -0.25) is 9.59 Å². The summed E-state index contributed by atoms with van der Waals surface area (Å²) >= 11 is 0. The Morgan fingerprint density at radius 2 is 1.76 bits per heavy atom. The Balaban J connectivity index is 1.66. The van der Waals surface area contributed by atoms with Crippen LogP contribution in [-0.2, 0) is 4.79 Å². The van der Waals surface area contributed by atoms with Crippen LogP contribution in [0.15, 0.2) is 60.8 Å². The maximum atomic E-state index is 13.5. The number of hydrogen-bond acceptors (Lipinski definition) is 5. The maximum absolute atomic E-state index is 13.5. The van der Waals surface area contributed by atoms with Gasteiger partial charge in [0, 0.05) is 29.9 Å². The fourth-order valence-electron chi connectivity index (χ4n) is 4.11. The molecule has 9 heteroatoms. The summed E-state index contributed by atoms with van der Waals surface area (Å²) in [4.78, 5) is 31.9. The third kappa shape index (κ3) is 3.64. The molecule has 2 aromatic heterocycles. The first-order valence-electron chi connectivity index (χ1n) is 10.9. The van der Waals surface area contributed by atoms with E-state index in [2.05, 4.69) is 15.4 Å². The van der Waals surface area contributed by atoms with E-state index in [4.69, 9.17) is 5.73 Å². The highest BCUT2D eigenvalue weighted by molar-refractivity contribution is 5.99. The Morgan fingerprint density at radius 1 is 1.09 bits per heavy atom. The van der Waals surface area contributed by atoms with Gasteiger partial charge in [0.25, 0.3) is 5.91 Å². The predicted octanol–water partition coefficient (Wildman–Crippen LogP) is 3.14. The van der Waals surface area contributed by atoms with Gasteiger partial charge in [0.15, 0.2) is 5.65 Å². The molecule has 8 nitrogen and oxygen atoms in total. The summed E-state index contributed by atoms with van der Waals surface area (Å²) < 4.78 is 15.0. The van der Waals surface area contributed by atoms with Crippen LogP contribution < -0.4 is 11.1 Å². The highest BCUT2D eigenvalue weighted by atomic mass is 19.1. The van der Waals surface area contributed by atoms with E-state index in [0.717, 1.165) is 16.7 Å². The normalized spacial score (nSPS) is 15.4. The largest absolute Gasteiger partial charge is 0.399 e. The number of hydrogen-bond donors (Lipinski definition) is 2. The van der Waals surface area contributed by atoms with Crippen LogP contribution >= 0.6 is 0 Å². The number of anilines is 1. The molecular weight excluding hydrogens is 435 g/mol. The van der Waals surface area contributed by atoms with Crippen molar-refractivity contribution in [1.82, 2.24) is 24.8 Å². The second-order valence-corrected chi connectivity index (χ2v) is 8.74. The summed E-state index contributed by atoms with van der Waals surface area (Å²) in [6, 6.07) is 15.2. The van der Waals surface area contributed by atoms with Gasteiger partial charge in [0.2, 0.25) is 5.91 Å². The van der Waals surface area contributed by atoms with Crippen LogP contribution in [0.5, 0.6) is 0 Å². The van der Waals surface area contributed by atoms with Crippen molar-refractivity contribution in [3.05, 3.63) is 72.3 Å². The Labute approximate surface area is 195 Å². The number of carbonyl (C=O) groups is 2. The van der Waals surface area contributed by atoms with E-state index in [1.165, 1.54) is 17.0 Å². The van der Waals surface area contributed by atoms with Crippen molar-refractivity contribution in [3.63, 3.8) is 0 Å². The number of benzene rings is 2. The van der Waals surface area contributed by atoms with Crippen molar-refractivity contribution in [1.29, 1.82) is 0 Å². The van der Waals surface area contributed by atoms with Crippen LogP contribution in [-0.4, -0.2) is 49.9 Å². The van der Waals surface area contributed by atoms with E-state index >= 15 is 0 Å². The van der Waals surface area contributed by atoms with Crippen LogP contribution in [0.3, 0.4) is 0 Å². The van der Waals surface area contributed by atoms with Gasteiger partial charge in [-0.15, -0.1) is 0 Å². The minimum absolute atomic E-state index is 0.184. The number of nitrogens with zero attached hydrogens (tertiary/aromatic N) is 4. The van der Waals surface area contributed by atoms with E-state index in [1.807, 2.05) is 18.2 Å². The Hall–Kier alpha value is -4.27. The molecule has 2 aromatic carbocycles. The van der Waals surface area contributed by atoms with Crippen LogP contribution in [0, 0.1) is 5.82 Å². The molecule has 0 bridgehead atoms. The van der Waals surface area contributed by atoms with Gasteiger partial charge in [-0.2, -0.15) is 5.10 Å². The molecule has 34 heavy (non-hydrogen) atoms. The lowest BCUT2D eigenvalue weighted by Crippen LogP contribution is -2.63. The minimum Gasteiger partial charge on any atom is -0.399 e. The van der Waals surface area contributed by atoms with Gasteiger partial charge >= 0.3 is 0 Å². The summed E-state index contributed by atoms with van der Waals surface area (Å²) in [5, 5.41) is 7.43. The van der Waals surface area contributed by atoms with E-state index < -0.39 is 5.54 Å². The quantitative estimate of drug-likeness (QED) is 0.459. The SMILES string of the molecule is CC1(C)C(=O)NCCN1C(=O)c1cn2nc(-c3ccc(F)cc3)cc(-c3ccc(N)cc3)c2n1. The lowest BCUT2D eigenvalue weighted by atomic mass is 9.98. The zero-order chi connectivity index (χ0) is 24.0. The van der Waals surface area contributed by atoms with Crippen molar-refractivity contribution in [2.24, 2.45) is 0 Å². The number of imidazole rings is 1. The van der Waals surface area contributed by atoms with Crippen molar-refractivity contribution in [3.8, 4) is 22.4 Å². The highest BCUT2D eigenvalue weighted by Crippen LogP contribution is 2.30. The van der Waals surface area contributed by atoms with Crippen molar-refractivity contribution in [2.45, 2.75) is 19.4 Å². The Kier molecular flexibility index (Phi) is 5.04. The summed E-state index contributed by atoms with van der Waals surface area (Å²) in [6.07, 6.45) is 1.56. The zero-order valence-electron chi connectivity index (χ0n) is 18.7. The standard InChI is InChI=1S/C25H23FN6O2/c1-25(2)24(34)28-11-12-31(25)23(33)21-14-32-22(29-21)19(15-5-9-18(27)10-6-15)13-20(30-32)16-3-7-17(26)8-4-16/h3-10,13-14H,11-12,27H2,1-2H3,(H,28,34). The van der Waals surface area contributed by atoms with Crippen LogP contribution in [0.1, 0.15) is 24.3 Å². The molecule has 0 atom stereocenters. The average molecular weight is 458 g/mol. The Bertz CT molecular complexity index is 1410. The van der Waals surface area contributed by atoms with Gasteiger partial charge in [-0.25, -0.2) is 13.9 Å². The number of fused-ring (bicyclic) bond motifs is 1. The van der Waals surface area contributed by atoms with Crippen molar-refractivity contribution < 1.29 is 14.0 Å². The first-order chi connectivity index (χ1) is 16.2. The molecule has 0 aliphatic carbocycles. The molecule has 5 rings (SSSR count).